The number of nitrogens with one attached hydrogen (secondary N) is 1. The van der Waals surface area contributed by atoms with Crippen molar-refractivity contribution in [3.63, 3.8) is 0 Å². The quantitative estimate of drug-likeness (QED) is 0.868. The van der Waals surface area contributed by atoms with E-state index in [2.05, 4.69) is 20.3 Å². The van der Waals surface area contributed by atoms with Gasteiger partial charge in [-0.05, 0) is 31.5 Å². The molecule has 1 aliphatic rings. The fourth-order valence-electron chi connectivity index (χ4n) is 3.11. The van der Waals surface area contributed by atoms with Crippen LogP contribution in [0.25, 0.3) is 0 Å². The molecule has 0 bridgehead atoms. The summed E-state index contributed by atoms with van der Waals surface area (Å²) in [7, 11) is 0. The summed E-state index contributed by atoms with van der Waals surface area (Å²) in [6, 6.07) is 5.55. The van der Waals surface area contributed by atoms with Crippen LogP contribution < -0.4 is 10.9 Å². The van der Waals surface area contributed by atoms with Crippen LogP contribution in [0, 0.1) is 0 Å². The molecule has 24 heavy (non-hydrogen) atoms. The van der Waals surface area contributed by atoms with E-state index in [0.29, 0.717) is 17.6 Å². The number of aromatic nitrogens is 3. The van der Waals surface area contributed by atoms with Gasteiger partial charge in [-0.25, -0.2) is 4.68 Å². The van der Waals surface area contributed by atoms with Crippen molar-refractivity contribution in [1.29, 1.82) is 0 Å². The molecule has 1 aliphatic heterocycles. The molecule has 0 saturated carbocycles. The maximum atomic E-state index is 11.8. The van der Waals surface area contributed by atoms with Gasteiger partial charge in [0.1, 0.15) is 0 Å². The number of likely N-dealkylation sites (tertiary alicyclic amines) is 1. The zero-order valence-corrected chi connectivity index (χ0v) is 14.3. The Morgan fingerprint density at radius 1 is 1.25 bits per heavy atom. The Morgan fingerprint density at radius 2 is 2.17 bits per heavy atom. The van der Waals surface area contributed by atoms with Gasteiger partial charge in [0.2, 0.25) is 0 Å². The van der Waals surface area contributed by atoms with Crippen LogP contribution >= 0.6 is 11.6 Å². The van der Waals surface area contributed by atoms with E-state index < -0.39 is 0 Å². The molecular formula is C17H22ClN5O. The largest absolute Gasteiger partial charge is 0.382 e. The Balaban J connectivity index is 1.58. The molecule has 0 amide bonds. The van der Waals surface area contributed by atoms with Gasteiger partial charge in [0, 0.05) is 43.8 Å². The second kappa shape index (κ2) is 8.26. The molecule has 0 aliphatic carbocycles. The minimum atomic E-state index is -0.0484. The molecule has 1 saturated heterocycles. The Hall–Kier alpha value is -1.92. The van der Waals surface area contributed by atoms with E-state index in [9.17, 15) is 4.79 Å². The van der Waals surface area contributed by atoms with Crippen molar-refractivity contribution in [3.8, 4) is 0 Å². The van der Waals surface area contributed by atoms with Crippen LogP contribution in [-0.4, -0.2) is 45.3 Å². The van der Waals surface area contributed by atoms with Gasteiger partial charge in [0.15, 0.2) is 0 Å². The van der Waals surface area contributed by atoms with Gasteiger partial charge < -0.3 is 5.32 Å². The number of anilines is 1. The van der Waals surface area contributed by atoms with Crippen molar-refractivity contribution in [3.05, 3.63) is 52.2 Å². The second-order valence-corrected chi connectivity index (χ2v) is 6.41. The van der Waals surface area contributed by atoms with Crippen molar-refractivity contribution >= 4 is 17.3 Å². The summed E-state index contributed by atoms with van der Waals surface area (Å²) >= 11 is 6.15. The lowest BCUT2D eigenvalue weighted by molar-refractivity contribution is 0.148. The highest BCUT2D eigenvalue weighted by Crippen LogP contribution is 2.21. The molecule has 0 radical (unpaired) electrons. The fraction of sp³-hybridized carbons (Fsp3) is 0.471. The lowest BCUT2D eigenvalue weighted by Gasteiger charge is -2.36. The first-order chi connectivity index (χ1) is 11.7. The summed E-state index contributed by atoms with van der Waals surface area (Å²) in [6.07, 6.45) is 8.62. The van der Waals surface area contributed by atoms with Gasteiger partial charge in [0.05, 0.1) is 17.3 Å². The van der Waals surface area contributed by atoms with Gasteiger partial charge >= 0.3 is 0 Å². The van der Waals surface area contributed by atoms with E-state index in [0.717, 1.165) is 31.7 Å². The molecule has 1 unspecified atom stereocenters. The highest BCUT2D eigenvalue weighted by molar-refractivity contribution is 6.33. The minimum absolute atomic E-state index is 0.0484. The van der Waals surface area contributed by atoms with E-state index in [4.69, 9.17) is 11.6 Å². The maximum Gasteiger partial charge on any atom is 0.266 e. The standard InChI is InChI=1S/C17H22ClN5O/c18-15-13-19-8-6-16(15)20-12-14-4-1-2-9-22(14)10-11-23-17(24)5-3-7-21-23/h3,5-8,13-14H,1-2,4,9-12H2,(H,19,20). The molecule has 0 spiro atoms. The van der Waals surface area contributed by atoms with Gasteiger partial charge in [-0.3, -0.25) is 14.7 Å². The van der Waals surface area contributed by atoms with Crippen molar-refractivity contribution in [2.24, 2.45) is 0 Å². The van der Waals surface area contributed by atoms with Gasteiger partial charge in [-0.2, -0.15) is 5.10 Å². The van der Waals surface area contributed by atoms with Crippen LogP contribution in [0.4, 0.5) is 5.69 Å². The van der Waals surface area contributed by atoms with Crippen molar-refractivity contribution in [2.45, 2.75) is 31.8 Å². The monoisotopic (exact) mass is 347 g/mol. The Morgan fingerprint density at radius 3 is 3.00 bits per heavy atom. The predicted molar refractivity (Wildman–Crippen MR) is 95.4 cm³/mol. The Bertz CT molecular complexity index is 720. The van der Waals surface area contributed by atoms with Gasteiger partial charge in [0.25, 0.3) is 5.56 Å². The van der Waals surface area contributed by atoms with E-state index in [1.807, 2.05) is 6.07 Å². The van der Waals surface area contributed by atoms with Crippen LogP contribution in [0.3, 0.4) is 0 Å². The summed E-state index contributed by atoms with van der Waals surface area (Å²) in [6.45, 7) is 3.33. The topological polar surface area (TPSA) is 63.1 Å². The number of rotatable bonds is 6. The summed E-state index contributed by atoms with van der Waals surface area (Å²) in [5, 5.41) is 8.19. The molecule has 2 aromatic heterocycles. The molecule has 3 heterocycles. The zero-order valence-electron chi connectivity index (χ0n) is 13.6. The average Bonchev–Trinajstić information content (AvgIpc) is 2.61. The molecule has 3 rings (SSSR count). The number of hydrogen-bond donors (Lipinski definition) is 1. The predicted octanol–water partition coefficient (Wildman–Crippen LogP) is 2.26. The lowest BCUT2D eigenvalue weighted by atomic mass is 10.0. The first-order valence-corrected chi connectivity index (χ1v) is 8.71. The van der Waals surface area contributed by atoms with Crippen LogP contribution in [-0.2, 0) is 6.54 Å². The van der Waals surface area contributed by atoms with E-state index >= 15 is 0 Å². The molecule has 1 fully saturated rings. The number of piperidine rings is 1. The first kappa shape index (κ1) is 16.9. The smallest absolute Gasteiger partial charge is 0.266 e. The van der Waals surface area contributed by atoms with Crippen LogP contribution in [0.2, 0.25) is 5.02 Å². The van der Waals surface area contributed by atoms with E-state index in [1.54, 1.807) is 30.7 Å². The number of halogens is 1. The molecule has 0 aromatic carbocycles. The summed E-state index contributed by atoms with van der Waals surface area (Å²) < 4.78 is 1.53. The fourth-order valence-corrected chi connectivity index (χ4v) is 3.30. The third-order valence-corrected chi connectivity index (χ3v) is 4.74. The molecule has 1 atom stereocenters. The second-order valence-electron chi connectivity index (χ2n) is 6.01. The number of pyridine rings is 1. The summed E-state index contributed by atoms with van der Waals surface area (Å²) in [5.41, 5.74) is 0.867. The van der Waals surface area contributed by atoms with Crippen LogP contribution in [0.1, 0.15) is 19.3 Å². The van der Waals surface area contributed by atoms with Crippen molar-refractivity contribution in [1.82, 2.24) is 19.7 Å². The van der Waals surface area contributed by atoms with E-state index in [-0.39, 0.29) is 5.56 Å². The first-order valence-electron chi connectivity index (χ1n) is 8.33. The highest BCUT2D eigenvalue weighted by Gasteiger charge is 2.22. The Labute approximate surface area is 146 Å². The number of nitrogens with zero attached hydrogens (tertiary/aromatic N) is 4. The Kier molecular flexibility index (Phi) is 5.82. The molecule has 128 valence electrons. The zero-order chi connectivity index (χ0) is 16.8. The highest BCUT2D eigenvalue weighted by atomic mass is 35.5. The van der Waals surface area contributed by atoms with Crippen LogP contribution in [0.5, 0.6) is 0 Å². The molecule has 1 N–H and O–H groups in total. The molecular weight excluding hydrogens is 326 g/mol. The summed E-state index contributed by atoms with van der Waals surface area (Å²) in [4.78, 5) is 18.2. The normalized spacial score (nSPS) is 18.5. The van der Waals surface area contributed by atoms with Gasteiger partial charge in [-0.1, -0.05) is 18.0 Å². The maximum absolute atomic E-state index is 11.8. The third kappa shape index (κ3) is 4.33. The SMILES string of the molecule is O=c1cccnn1CCN1CCCCC1CNc1ccncc1Cl. The molecule has 6 nitrogen and oxygen atoms in total. The van der Waals surface area contributed by atoms with E-state index in [1.165, 1.54) is 17.5 Å². The lowest BCUT2D eigenvalue weighted by Crippen LogP contribution is -2.45. The molecule has 7 heteroatoms. The summed E-state index contributed by atoms with van der Waals surface area (Å²) in [5.74, 6) is 0. The van der Waals surface area contributed by atoms with Crippen molar-refractivity contribution < 1.29 is 0 Å². The van der Waals surface area contributed by atoms with Gasteiger partial charge in [-0.15, -0.1) is 0 Å². The third-order valence-electron chi connectivity index (χ3n) is 4.43. The minimum Gasteiger partial charge on any atom is -0.382 e. The molecule has 2 aromatic rings. The van der Waals surface area contributed by atoms with Crippen molar-refractivity contribution in [2.75, 3.05) is 25.0 Å². The number of hydrogen-bond acceptors (Lipinski definition) is 5. The average molecular weight is 348 g/mol. The van der Waals surface area contributed by atoms with Crippen LogP contribution in [0.15, 0.2) is 41.6 Å².